The third-order valence-corrected chi connectivity index (χ3v) is 12.2. The van der Waals surface area contributed by atoms with Gasteiger partial charge in [0, 0.05) is 12.8 Å². The van der Waals surface area contributed by atoms with Crippen LogP contribution in [0, 0.1) is 0 Å². The average molecular weight is 969 g/mol. The molecule has 390 valence electrons. The predicted molar refractivity (Wildman–Crippen MR) is 288 cm³/mol. The second kappa shape index (κ2) is 47.6. The van der Waals surface area contributed by atoms with E-state index in [0.29, 0.717) is 23.9 Å². The molecule has 0 aliphatic heterocycles. The van der Waals surface area contributed by atoms with Crippen LogP contribution >= 0.6 is 7.82 Å². The first kappa shape index (κ1) is 64.9. The first-order chi connectivity index (χ1) is 32.9. The van der Waals surface area contributed by atoms with Gasteiger partial charge in [-0.15, -0.1) is 0 Å². The summed E-state index contributed by atoms with van der Waals surface area (Å²) >= 11 is 0. The highest BCUT2D eigenvalue weighted by molar-refractivity contribution is 7.45. The molecule has 0 aliphatic carbocycles. The van der Waals surface area contributed by atoms with Gasteiger partial charge >= 0.3 is 5.97 Å². The molecule has 0 spiro atoms. The van der Waals surface area contributed by atoms with E-state index < -0.39 is 26.6 Å². The van der Waals surface area contributed by atoms with Gasteiger partial charge in [0.15, 0.2) is 0 Å². The molecule has 1 amide bonds. The lowest BCUT2D eigenvalue weighted by Gasteiger charge is -2.30. The summed E-state index contributed by atoms with van der Waals surface area (Å²) in [5.41, 5.74) is 0. The van der Waals surface area contributed by atoms with E-state index in [1.54, 1.807) is 6.08 Å². The summed E-state index contributed by atoms with van der Waals surface area (Å²) in [6.07, 6.45) is 62.4. The normalized spacial score (nSPS) is 14.6. The molecule has 0 rings (SSSR count). The Hall–Kier alpha value is -3.07. The zero-order valence-corrected chi connectivity index (χ0v) is 45.2. The number of nitrogens with one attached hydrogen (secondary N) is 1. The second-order valence-electron chi connectivity index (χ2n) is 19.0. The van der Waals surface area contributed by atoms with Gasteiger partial charge in [0.05, 0.1) is 33.8 Å². The molecule has 0 radical (unpaired) electrons. The first-order valence-electron chi connectivity index (χ1n) is 27.0. The molecule has 9 nitrogen and oxygen atoms in total. The number of esters is 1. The number of likely N-dealkylation sites (N-methyl/N-ethyl adjacent to an activating group) is 1. The number of ether oxygens (including phenoxy) is 1. The van der Waals surface area contributed by atoms with Crippen LogP contribution in [0.2, 0.25) is 0 Å². The number of hydrogen-bond acceptors (Lipinski definition) is 7. The van der Waals surface area contributed by atoms with Crippen LogP contribution in [0.5, 0.6) is 0 Å². The van der Waals surface area contributed by atoms with E-state index in [9.17, 15) is 19.0 Å². The predicted octanol–water partition coefficient (Wildman–Crippen LogP) is 15.4. The molecule has 0 fully saturated rings. The molecule has 1 N–H and O–H groups in total. The molecule has 3 atom stereocenters. The summed E-state index contributed by atoms with van der Waals surface area (Å²) in [6, 6.07) is -0.930. The molecule has 10 heteroatoms. The maximum absolute atomic E-state index is 13.4. The minimum absolute atomic E-state index is 0.0410. The largest absolute Gasteiger partial charge is 0.756 e. The number of nitrogens with zero attached hydrogens (tertiary/aromatic N) is 1. The fourth-order valence-corrected chi connectivity index (χ4v) is 7.78. The van der Waals surface area contributed by atoms with Crippen molar-refractivity contribution in [3.8, 4) is 0 Å². The molecule has 0 saturated heterocycles. The number of hydrogen-bond donors (Lipinski definition) is 1. The Balaban J connectivity index is 5.51. The van der Waals surface area contributed by atoms with Crippen LogP contribution in [0.4, 0.5) is 0 Å². The zero-order valence-electron chi connectivity index (χ0n) is 44.3. The zero-order chi connectivity index (χ0) is 50.1. The van der Waals surface area contributed by atoms with Crippen LogP contribution in [0.25, 0.3) is 0 Å². The molecule has 68 heavy (non-hydrogen) atoms. The lowest BCUT2D eigenvalue weighted by molar-refractivity contribution is -0.870. The number of carbonyl (C=O) groups is 2. The number of rotatable bonds is 47. The Morgan fingerprint density at radius 2 is 0.956 bits per heavy atom. The summed E-state index contributed by atoms with van der Waals surface area (Å²) in [5, 5.41) is 2.97. The molecule has 0 heterocycles. The SMILES string of the molecule is CC/C=C/C/C=C/C/C=C/CCCCCCC(=O)OC(/C=C/CCCCCCCCCCC)C(COP(=O)([O-])OCC[N+](C)(C)C)NC(=O)CCC/C=C\C/C=C\C/C=C\C/C=C\CCCCC. The summed E-state index contributed by atoms with van der Waals surface area (Å²) in [7, 11) is 1.12. The van der Waals surface area contributed by atoms with Gasteiger partial charge in [-0.2, -0.15) is 0 Å². The summed E-state index contributed by atoms with van der Waals surface area (Å²) in [6.45, 7) is 6.60. The van der Waals surface area contributed by atoms with Gasteiger partial charge in [-0.25, -0.2) is 0 Å². The number of unbranched alkanes of at least 4 members (excludes halogenated alkanes) is 17. The Kier molecular flexibility index (Phi) is 45.5. The van der Waals surface area contributed by atoms with Crippen LogP contribution in [0.3, 0.4) is 0 Å². The molecule has 0 aromatic heterocycles. The average Bonchev–Trinajstić information content (AvgIpc) is 3.29. The first-order valence-corrected chi connectivity index (χ1v) is 28.5. The maximum Gasteiger partial charge on any atom is 0.306 e. The van der Waals surface area contributed by atoms with Crippen molar-refractivity contribution in [1.29, 1.82) is 0 Å². The Morgan fingerprint density at radius 1 is 0.529 bits per heavy atom. The van der Waals surface area contributed by atoms with Crippen molar-refractivity contribution in [2.24, 2.45) is 0 Å². The van der Waals surface area contributed by atoms with E-state index in [1.165, 1.54) is 70.6 Å². The van der Waals surface area contributed by atoms with Crippen molar-refractivity contribution in [3.05, 3.63) is 97.2 Å². The maximum atomic E-state index is 13.4. The topological polar surface area (TPSA) is 114 Å². The molecular formula is C58H101N2O7P. The van der Waals surface area contributed by atoms with Gasteiger partial charge in [-0.3, -0.25) is 14.2 Å². The van der Waals surface area contributed by atoms with Gasteiger partial charge in [0.25, 0.3) is 7.82 Å². The third kappa shape index (κ3) is 48.0. The van der Waals surface area contributed by atoms with E-state index in [-0.39, 0.29) is 31.3 Å². The monoisotopic (exact) mass is 969 g/mol. The van der Waals surface area contributed by atoms with Crippen molar-refractivity contribution in [2.75, 3.05) is 40.9 Å². The smallest absolute Gasteiger partial charge is 0.306 e. The summed E-state index contributed by atoms with van der Waals surface area (Å²) in [5.74, 6) is -0.642. The Labute approximate surface area is 418 Å². The van der Waals surface area contributed by atoms with Crippen LogP contribution in [-0.4, -0.2) is 69.4 Å². The van der Waals surface area contributed by atoms with Crippen molar-refractivity contribution in [1.82, 2.24) is 5.32 Å². The molecular weight excluding hydrogens is 868 g/mol. The third-order valence-electron chi connectivity index (χ3n) is 11.2. The highest BCUT2D eigenvalue weighted by Gasteiger charge is 2.27. The quantitative estimate of drug-likeness (QED) is 0.0212. The van der Waals surface area contributed by atoms with Crippen molar-refractivity contribution in [3.63, 3.8) is 0 Å². The van der Waals surface area contributed by atoms with Crippen molar-refractivity contribution >= 4 is 19.7 Å². The lowest BCUT2D eigenvalue weighted by atomic mass is 10.1. The lowest BCUT2D eigenvalue weighted by Crippen LogP contribution is -2.47. The highest BCUT2D eigenvalue weighted by Crippen LogP contribution is 2.38. The van der Waals surface area contributed by atoms with E-state index in [4.69, 9.17) is 13.8 Å². The van der Waals surface area contributed by atoms with Gasteiger partial charge < -0.3 is 28.5 Å². The van der Waals surface area contributed by atoms with E-state index >= 15 is 0 Å². The van der Waals surface area contributed by atoms with Crippen LogP contribution in [0.15, 0.2) is 97.2 Å². The number of amides is 1. The van der Waals surface area contributed by atoms with Gasteiger partial charge in [0.1, 0.15) is 19.3 Å². The number of quaternary nitrogens is 1. The Morgan fingerprint density at radius 3 is 1.47 bits per heavy atom. The minimum Gasteiger partial charge on any atom is -0.756 e. The fraction of sp³-hybridized carbons (Fsp3) is 0.690. The molecule has 0 bridgehead atoms. The molecule has 0 saturated carbocycles. The van der Waals surface area contributed by atoms with E-state index in [0.717, 1.165) is 89.9 Å². The van der Waals surface area contributed by atoms with Crippen LogP contribution in [0.1, 0.15) is 207 Å². The van der Waals surface area contributed by atoms with Crippen LogP contribution in [-0.2, 0) is 27.9 Å². The summed E-state index contributed by atoms with van der Waals surface area (Å²) < 4.78 is 30.1. The van der Waals surface area contributed by atoms with Gasteiger partial charge in [-0.1, -0.05) is 189 Å². The van der Waals surface area contributed by atoms with E-state index in [2.05, 4.69) is 111 Å². The standard InChI is InChI=1S/C58H101N2O7P/c1-7-10-13-16-19-22-25-27-29-30-31-32-35-38-41-44-47-50-57(61)59-55(54-66-68(63,64)65-53-52-60(4,5)6)56(49-46-43-40-37-34-24-21-18-15-12-9-3)67-58(62)51-48-45-42-39-36-33-28-26-23-20-17-14-11-8-2/h11,14,19-20,22-23,27-29,31-33,38,41,46,49,55-56H,7-10,12-13,15-18,21,24-26,30,34-37,39-40,42-45,47-48,50-54H2,1-6H3,(H-,59,61,63,64)/b14-11+,22-19-,23-20+,29-27-,32-31-,33-28+,41-38-,49-46+. The molecule has 0 aromatic rings. The molecule has 3 unspecified atom stereocenters. The number of phosphoric ester groups is 1. The molecule has 0 aromatic carbocycles. The highest BCUT2D eigenvalue weighted by atomic mass is 31.2. The molecule has 0 aliphatic rings. The van der Waals surface area contributed by atoms with Gasteiger partial charge in [0.2, 0.25) is 5.91 Å². The van der Waals surface area contributed by atoms with Crippen LogP contribution < -0.4 is 10.2 Å². The number of phosphoric acid groups is 1. The fourth-order valence-electron chi connectivity index (χ4n) is 7.06. The van der Waals surface area contributed by atoms with Crippen molar-refractivity contribution in [2.45, 2.75) is 219 Å². The second-order valence-corrected chi connectivity index (χ2v) is 20.4. The summed E-state index contributed by atoms with van der Waals surface area (Å²) in [4.78, 5) is 39.7. The Bertz CT molecular complexity index is 1490. The van der Waals surface area contributed by atoms with Gasteiger partial charge in [-0.05, 0) is 102 Å². The number of allylic oxidation sites excluding steroid dienone is 15. The minimum atomic E-state index is -4.71. The van der Waals surface area contributed by atoms with Crippen molar-refractivity contribution < 1.29 is 37.3 Å². The number of carbonyl (C=O) groups excluding carboxylic acids is 2. The van der Waals surface area contributed by atoms with E-state index in [1.807, 2.05) is 27.2 Å².